The van der Waals surface area contributed by atoms with Crippen molar-refractivity contribution in [3.8, 4) is 0 Å². The van der Waals surface area contributed by atoms with E-state index < -0.39 is 5.82 Å². The minimum absolute atomic E-state index is 0.0308. The van der Waals surface area contributed by atoms with Gasteiger partial charge in [0.05, 0.1) is 10.8 Å². The van der Waals surface area contributed by atoms with Gasteiger partial charge < -0.3 is 11.1 Å². The number of carbonyl (C=O) groups excluding carboxylic acids is 1. The number of halogens is 3. The number of hydrogen-bond donors (Lipinski definition) is 2. The average Bonchev–Trinajstić information content (AvgIpc) is 2.44. The summed E-state index contributed by atoms with van der Waals surface area (Å²) in [6.45, 7) is 0. The zero-order chi connectivity index (χ0) is 15.4. The molecule has 0 aliphatic heterocycles. The number of anilines is 2. The SMILES string of the molecule is Nc1ccc(Br)cc1SCC(=O)Nc1ccc(F)c(Cl)c1. The third kappa shape index (κ3) is 4.62. The van der Waals surface area contributed by atoms with Gasteiger partial charge in [-0.15, -0.1) is 11.8 Å². The first-order valence-electron chi connectivity index (χ1n) is 5.88. The lowest BCUT2D eigenvalue weighted by molar-refractivity contribution is -0.113. The van der Waals surface area contributed by atoms with Crippen molar-refractivity contribution in [2.24, 2.45) is 0 Å². The van der Waals surface area contributed by atoms with Crippen LogP contribution >= 0.6 is 39.3 Å². The van der Waals surface area contributed by atoms with Crippen LogP contribution in [0.3, 0.4) is 0 Å². The Morgan fingerprint density at radius 3 is 2.81 bits per heavy atom. The van der Waals surface area contributed by atoms with Crippen LogP contribution < -0.4 is 11.1 Å². The van der Waals surface area contributed by atoms with E-state index in [0.29, 0.717) is 11.4 Å². The van der Waals surface area contributed by atoms with E-state index in [0.717, 1.165) is 9.37 Å². The van der Waals surface area contributed by atoms with Crippen molar-refractivity contribution in [3.05, 3.63) is 51.7 Å². The molecule has 3 nitrogen and oxygen atoms in total. The number of thioether (sulfide) groups is 1. The molecule has 0 heterocycles. The van der Waals surface area contributed by atoms with Crippen molar-refractivity contribution in [1.29, 1.82) is 0 Å². The Balaban J connectivity index is 1.95. The molecule has 2 rings (SSSR count). The Labute approximate surface area is 139 Å². The molecular weight excluding hydrogens is 379 g/mol. The number of nitrogens with one attached hydrogen (secondary N) is 1. The van der Waals surface area contributed by atoms with Crippen LogP contribution in [0.25, 0.3) is 0 Å². The molecule has 0 radical (unpaired) electrons. The van der Waals surface area contributed by atoms with E-state index in [4.69, 9.17) is 17.3 Å². The molecule has 110 valence electrons. The smallest absolute Gasteiger partial charge is 0.234 e. The molecule has 0 fully saturated rings. The van der Waals surface area contributed by atoms with E-state index in [1.165, 1.54) is 30.0 Å². The number of carbonyl (C=O) groups is 1. The average molecular weight is 390 g/mol. The van der Waals surface area contributed by atoms with Crippen LogP contribution in [0.1, 0.15) is 0 Å². The molecule has 2 aromatic rings. The quantitative estimate of drug-likeness (QED) is 0.595. The first-order valence-corrected chi connectivity index (χ1v) is 8.04. The standard InChI is InChI=1S/C14H11BrClFN2OS/c15-8-1-4-12(18)13(5-8)21-7-14(20)19-9-2-3-11(17)10(16)6-9/h1-6H,7,18H2,(H,19,20). The molecule has 0 aromatic heterocycles. The molecule has 0 saturated heterocycles. The highest BCUT2D eigenvalue weighted by atomic mass is 79.9. The number of nitrogen functional groups attached to an aromatic ring is 1. The lowest BCUT2D eigenvalue weighted by atomic mass is 10.3. The van der Waals surface area contributed by atoms with Crippen molar-refractivity contribution in [2.45, 2.75) is 4.90 Å². The van der Waals surface area contributed by atoms with E-state index in [9.17, 15) is 9.18 Å². The van der Waals surface area contributed by atoms with Gasteiger partial charge in [0.15, 0.2) is 0 Å². The largest absolute Gasteiger partial charge is 0.398 e. The van der Waals surface area contributed by atoms with Crippen LogP contribution in [0.5, 0.6) is 0 Å². The van der Waals surface area contributed by atoms with E-state index in [-0.39, 0.29) is 16.7 Å². The van der Waals surface area contributed by atoms with Gasteiger partial charge in [-0.1, -0.05) is 27.5 Å². The van der Waals surface area contributed by atoms with Crippen LogP contribution in [0, 0.1) is 5.82 Å². The molecule has 0 aliphatic rings. The molecular formula is C14H11BrClFN2OS. The third-order valence-electron chi connectivity index (χ3n) is 2.54. The zero-order valence-corrected chi connectivity index (χ0v) is 13.9. The van der Waals surface area contributed by atoms with Crippen LogP contribution in [-0.2, 0) is 4.79 Å². The van der Waals surface area contributed by atoms with Crippen LogP contribution in [0.15, 0.2) is 45.8 Å². The highest BCUT2D eigenvalue weighted by molar-refractivity contribution is 9.10. The zero-order valence-electron chi connectivity index (χ0n) is 10.7. The van der Waals surface area contributed by atoms with E-state index >= 15 is 0 Å². The van der Waals surface area contributed by atoms with Gasteiger partial charge in [-0.3, -0.25) is 4.79 Å². The fourth-order valence-corrected chi connectivity index (χ4v) is 3.04. The van der Waals surface area contributed by atoms with Crippen molar-refractivity contribution in [1.82, 2.24) is 0 Å². The summed E-state index contributed by atoms with van der Waals surface area (Å²) in [6, 6.07) is 9.48. The predicted octanol–water partition coefficient (Wildman–Crippen LogP) is 4.55. The predicted molar refractivity (Wildman–Crippen MR) is 89.3 cm³/mol. The molecule has 0 aliphatic carbocycles. The summed E-state index contributed by atoms with van der Waals surface area (Å²) < 4.78 is 13.9. The normalized spacial score (nSPS) is 10.4. The molecule has 21 heavy (non-hydrogen) atoms. The minimum atomic E-state index is -0.522. The van der Waals surface area contributed by atoms with E-state index in [2.05, 4.69) is 21.2 Å². The van der Waals surface area contributed by atoms with Gasteiger partial charge in [0.25, 0.3) is 0 Å². The maximum absolute atomic E-state index is 13.0. The Morgan fingerprint density at radius 1 is 1.33 bits per heavy atom. The molecule has 0 saturated carbocycles. The Morgan fingerprint density at radius 2 is 2.10 bits per heavy atom. The summed E-state index contributed by atoms with van der Waals surface area (Å²) in [6.07, 6.45) is 0. The van der Waals surface area contributed by atoms with Crippen molar-refractivity contribution in [3.63, 3.8) is 0 Å². The summed E-state index contributed by atoms with van der Waals surface area (Å²) >= 11 is 10.3. The highest BCUT2D eigenvalue weighted by Crippen LogP contribution is 2.28. The van der Waals surface area contributed by atoms with Gasteiger partial charge in [0.2, 0.25) is 5.91 Å². The number of nitrogens with two attached hydrogens (primary N) is 1. The Hall–Kier alpha value is -1.24. The highest BCUT2D eigenvalue weighted by Gasteiger charge is 2.08. The molecule has 0 bridgehead atoms. The monoisotopic (exact) mass is 388 g/mol. The number of rotatable bonds is 4. The summed E-state index contributed by atoms with van der Waals surface area (Å²) in [4.78, 5) is 12.7. The molecule has 1 amide bonds. The van der Waals surface area contributed by atoms with E-state index in [1.54, 1.807) is 6.07 Å². The summed E-state index contributed by atoms with van der Waals surface area (Å²) in [5.41, 5.74) is 6.90. The Kier molecular flexibility index (Phi) is 5.50. The van der Waals surface area contributed by atoms with Crippen LogP contribution in [-0.4, -0.2) is 11.7 Å². The first-order chi connectivity index (χ1) is 9.95. The van der Waals surface area contributed by atoms with Gasteiger partial charge in [-0.25, -0.2) is 4.39 Å². The topological polar surface area (TPSA) is 55.1 Å². The fraction of sp³-hybridized carbons (Fsp3) is 0.0714. The van der Waals surface area contributed by atoms with Crippen molar-refractivity contribution < 1.29 is 9.18 Å². The summed E-state index contributed by atoms with van der Waals surface area (Å²) in [5.74, 6) is -0.552. The summed E-state index contributed by atoms with van der Waals surface area (Å²) in [7, 11) is 0. The molecule has 0 spiro atoms. The van der Waals surface area contributed by atoms with Gasteiger partial charge >= 0.3 is 0 Å². The third-order valence-corrected chi connectivity index (χ3v) is 4.39. The van der Waals surface area contributed by atoms with Crippen LogP contribution in [0.4, 0.5) is 15.8 Å². The van der Waals surface area contributed by atoms with Crippen molar-refractivity contribution >= 4 is 56.6 Å². The number of benzene rings is 2. The molecule has 2 aromatic carbocycles. The van der Waals surface area contributed by atoms with Crippen LogP contribution in [0.2, 0.25) is 5.02 Å². The lowest BCUT2D eigenvalue weighted by Crippen LogP contribution is -2.14. The molecule has 7 heteroatoms. The fourth-order valence-electron chi connectivity index (χ4n) is 1.55. The Bertz CT molecular complexity index is 684. The van der Waals surface area contributed by atoms with Crippen molar-refractivity contribution in [2.75, 3.05) is 16.8 Å². The maximum atomic E-state index is 13.0. The molecule has 3 N–H and O–H groups in total. The summed E-state index contributed by atoms with van der Waals surface area (Å²) in [5, 5.41) is 2.62. The van der Waals surface area contributed by atoms with Gasteiger partial charge in [-0.05, 0) is 36.4 Å². The second-order valence-electron chi connectivity index (χ2n) is 4.15. The number of hydrogen-bond acceptors (Lipinski definition) is 3. The molecule has 0 unspecified atom stereocenters. The minimum Gasteiger partial charge on any atom is -0.398 e. The number of amides is 1. The maximum Gasteiger partial charge on any atom is 0.234 e. The van der Waals surface area contributed by atoms with Gasteiger partial charge in [0.1, 0.15) is 5.82 Å². The molecule has 0 atom stereocenters. The van der Waals surface area contributed by atoms with Gasteiger partial charge in [0, 0.05) is 20.7 Å². The second kappa shape index (κ2) is 7.15. The van der Waals surface area contributed by atoms with E-state index in [1.807, 2.05) is 12.1 Å². The second-order valence-corrected chi connectivity index (χ2v) is 6.49. The first kappa shape index (κ1) is 16.1. The lowest BCUT2D eigenvalue weighted by Gasteiger charge is -2.08. The van der Waals surface area contributed by atoms with Gasteiger partial charge in [-0.2, -0.15) is 0 Å².